The fraction of sp³-hybridized carbons (Fsp3) is 0.409. The zero-order valence-electron chi connectivity index (χ0n) is 18.4. The first-order valence-electron chi connectivity index (χ1n) is 10.5. The zero-order chi connectivity index (χ0) is 24.5. The number of aliphatic hydroxyl groups is 1. The van der Waals surface area contributed by atoms with Crippen molar-refractivity contribution >= 4 is 5.91 Å². The van der Waals surface area contributed by atoms with Gasteiger partial charge in [-0.25, -0.2) is 0 Å². The van der Waals surface area contributed by atoms with Crippen molar-refractivity contribution in [3.05, 3.63) is 53.2 Å². The molecule has 0 aliphatic heterocycles. The van der Waals surface area contributed by atoms with Crippen LogP contribution in [-0.4, -0.2) is 49.2 Å². The van der Waals surface area contributed by atoms with Gasteiger partial charge >= 0.3 is 6.18 Å². The predicted octanol–water partition coefficient (Wildman–Crippen LogP) is 3.30. The van der Waals surface area contributed by atoms with E-state index >= 15 is 0 Å². The van der Waals surface area contributed by atoms with Gasteiger partial charge in [0.25, 0.3) is 5.91 Å². The highest BCUT2D eigenvalue weighted by molar-refractivity contribution is 5.92. The van der Waals surface area contributed by atoms with Crippen LogP contribution >= 0.6 is 0 Å². The molecule has 1 saturated carbocycles. The van der Waals surface area contributed by atoms with E-state index in [1.165, 1.54) is 12.1 Å². The van der Waals surface area contributed by atoms with Gasteiger partial charge in [-0.3, -0.25) is 9.78 Å². The number of amides is 1. The first-order chi connectivity index (χ1) is 16.1. The molecule has 1 aliphatic rings. The van der Waals surface area contributed by atoms with E-state index in [4.69, 9.17) is 9.26 Å². The SMILES string of the molecule is Cc1ccc(-c2noc(C)c2COc2ccc(C(=O)N[C@H]3CC[C@](O)(C(F)(F)F)C3)nn2)cn1. The molecule has 2 N–H and O–H groups in total. The van der Waals surface area contributed by atoms with E-state index < -0.39 is 36.6 Å². The molecule has 3 heterocycles. The average molecular weight is 477 g/mol. The number of ether oxygens (including phenoxy) is 1. The molecule has 1 aliphatic carbocycles. The minimum Gasteiger partial charge on any atom is -0.472 e. The number of aryl methyl sites for hydroxylation is 2. The van der Waals surface area contributed by atoms with Gasteiger partial charge in [-0.1, -0.05) is 5.16 Å². The number of halogens is 3. The molecule has 0 unspecified atom stereocenters. The minimum absolute atomic E-state index is 0.00724. The number of rotatable bonds is 6. The Kier molecular flexibility index (Phi) is 6.26. The lowest BCUT2D eigenvalue weighted by Gasteiger charge is -2.25. The Morgan fingerprint density at radius 2 is 2.06 bits per heavy atom. The van der Waals surface area contributed by atoms with Crippen molar-refractivity contribution in [1.82, 2.24) is 25.7 Å². The number of carbonyl (C=O) groups excluding carboxylic acids is 1. The van der Waals surface area contributed by atoms with Gasteiger partial charge in [0.15, 0.2) is 11.3 Å². The van der Waals surface area contributed by atoms with Gasteiger partial charge in [-0.15, -0.1) is 10.2 Å². The number of nitrogens with one attached hydrogen (secondary N) is 1. The van der Waals surface area contributed by atoms with Gasteiger partial charge in [0.2, 0.25) is 5.88 Å². The molecule has 1 amide bonds. The van der Waals surface area contributed by atoms with Crippen molar-refractivity contribution < 1.29 is 32.3 Å². The largest absolute Gasteiger partial charge is 0.472 e. The fourth-order valence-corrected chi connectivity index (χ4v) is 3.72. The first-order valence-corrected chi connectivity index (χ1v) is 10.5. The third-order valence-corrected chi connectivity index (χ3v) is 5.76. The lowest BCUT2D eigenvalue weighted by atomic mass is 10.0. The third-order valence-electron chi connectivity index (χ3n) is 5.76. The minimum atomic E-state index is -4.75. The first kappa shape index (κ1) is 23.6. The molecular weight excluding hydrogens is 455 g/mol. The van der Waals surface area contributed by atoms with Crippen molar-refractivity contribution in [3.63, 3.8) is 0 Å². The number of hydrogen-bond acceptors (Lipinski definition) is 8. The number of aromatic nitrogens is 4. The molecule has 4 rings (SSSR count). The summed E-state index contributed by atoms with van der Waals surface area (Å²) in [5, 5.41) is 23.9. The number of carbonyl (C=O) groups is 1. The predicted molar refractivity (Wildman–Crippen MR) is 112 cm³/mol. The second-order valence-electron chi connectivity index (χ2n) is 8.24. The highest BCUT2D eigenvalue weighted by Crippen LogP contribution is 2.42. The van der Waals surface area contributed by atoms with E-state index in [1.807, 2.05) is 19.1 Å². The van der Waals surface area contributed by atoms with Crippen LogP contribution in [0.5, 0.6) is 5.88 Å². The molecular formula is C22H22F3N5O4. The van der Waals surface area contributed by atoms with Crippen LogP contribution in [0.25, 0.3) is 11.3 Å². The molecule has 0 aromatic carbocycles. The molecule has 9 nitrogen and oxygen atoms in total. The molecule has 3 aromatic heterocycles. The summed E-state index contributed by atoms with van der Waals surface area (Å²) >= 11 is 0. The maximum absolute atomic E-state index is 12.9. The third kappa shape index (κ3) is 4.86. The van der Waals surface area contributed by atoms with E-state index in [1.54, 1.807) is 13.1 Å². The summed E-state index contributed by atoms with van der Waals surface area (Å²) in [6.07, 6.45) is -4.13. The Hall–Kier alpha value is -3.54. The molecule has 0 spiro atoms. The monoisotopic (exact) mass is 477 g/mol. The smallest absolute Gasteiger partial charge is 0.417 e. The van der Waals surface area contributed by atoms with Crippen LogP contribution in [0.3, 0.4) is 0 Å². The fourth-order valence-electron chi connectivity index (χ4n) is 3.72. The number of pyridine rings is 1. The number of hydrogen-bond donors (Lipinski definition) is 2. The summed E-state index contributed by atoms with van der Waals surface area (Å²) in [4.78, 5) is 16.6. The Balaban J connectivity index is 1.37. The maximum Gasteiger partial charge on any atom is 0.417 e. The van der Waals surface area contributed by atoms with E-state index in [2.05, 4.69) is 25.7 Å². The Morgan fingerprint density at radius 3 is 2.68 bits per heavy atom. The second kappa shape index (κ2) is 9.01. The van der Waals surface area contributed by atoms with Crippen LogP contribution < -0.4 is 10.1 Å². The molecule has 2 atom stereocenters. The lowest BCUT2D eigenvalue weighted by Crippen LogP contribution is -2.44. The molecule has 0 radical (unpaired) electrons. The van der Waals surface area contributed by atoms with E-state index in [0.29, 0.717) is 17.0 Å². The Morgan fingerprint density at radius 1 is 1.26 bits per heavy atom. The molecule has 0 saturated heterocycles. The maximum atomic E-state index is 12.9. The van der Waals surface area contributed by atoms with Gasteiger partial charge in [-0.2, -0.15) is 13.2 Å². The number of alkyl halides is 3. The molecule has 3 aromatic rings. The van der Waals surface area contributed by atoms with Crippen LogP contribution in [-0.2, 0) is 6.61 Å². The second-order valence-corrected chi connectivity index (χ2v) is 8.24. The number of nitrogens with zero attached hydrogens (tertiary/aromatic N) is 4. The Bertz CT molecular complexity index is 1160. The lowest BCUT2D eigenvalue weighted by molar-refractivity contribution is -0.257. The van der Waals surface area contributed by atoms with Crippen LogP contribution in [0, 0.1) is 13.8 Å². The van der Waals surface area contributed by atoms with Crippen molar-refractivity contribution in [2.75, 3.05) is 0 Å². The van der Waals surface area contributed by atoms with Crippen LogP contribution in [0.15, 0.2) is 35.0 Å². The van der Waals surface area contributed by atoms with Gasteiger partial charge in [0, 0.05) is 36.0 Å². The summed E-state index contributed by atoms with van der Waals surface area (Å²) in [5.74, 6) is 0.0202. The molecule has 12 heteroatoms. The standard InChI is InChI=1S/C22H22F3N5O4/c1-12-3-4-14(10-26-12)19-16(13(2)34-30-19)11-33-18-6-5-17(28-29-18)20(31)27-15-7-8-21(32,9-15)22(23,24)25/h3-6,10,15,32H,7-9,11H2,1-2H3,(H,27,31)/t15-,21+/m0/s1. The highest BCUT2D eigenvalue weighted by atomic mass is 19.4. The molecule has 180 valence electrons. The zero-order valence-corrected chi connectivity index (χ0v) is 18.4. The topological polar surface area (TPSA) is 123 Å². The van der Waals surface area contributed by atoms with Gasteiger partial charge in [0.05, 0.1) is 5.56 Å². The van der Waals surface area contributed by atoms with Crippen molar-refractivity contribution in [2.24, 2.45) is 0 Å². The molecule has 1 fully saturated rings. The summed E-state index contributed by atoms with van der Waals surface area (Å²) in [7, 11) is 0. The highest BCUT2D eigenvalue weighted by Gasteiger charge is 2.57. The van der Waals surface area contributed by atoms with Crippen molar-refractivity contribution in [2.45, 2.75) is 57.5 Å². The molecule has 34 heavy (non-hydrogen) atoms. The average Bonchev–Trinajstić information content (AvgIpc) is 3.36. The van der Waals surface area contributed by atoms with Gasteiger partial charge < -0.3 is 19.7 Å². The normalized spacial score (nSPS) is 20.4. The summed E-state index contributed by atoms with van der Waals surface area (Å²) in [6.45, 7) is 3.70. The summed E-state index contributed by atoms with van der Waals surface area (Å²) in [5.41, 5.74) is 0.0509. The quantitative estimate of drug-likeness (QED) is 0.554. The van der Waals surface area contributed by atoms with Crippen molar-refractivity contribution in [3.8, 4) is 17.1 Å². The van der Waals surface area contributed by atoms with E-state index in [9.17, 15) is 23.1 Å². The van der Waals surface area contributed by atoms with Crippen molar-refractivity contribution in [1.29, 1.82) is 0 Å². The van der Waals surface area contributed by atoms with Gasteiger partial charge in [-0.05, 0) is 44.9 Å². The summed E-state index contributed by atoms with van der Waals surface area (Å²) < 4.78 is 49.8. The van der Waals surface area contributed by atoms with Crippen LogP contribution in [0.1, 0.15) is 46.8 Å². The van der Waals surface area contributed by atoms with Gasteiger partial charge in [0.1, 0.15) is 18.1 Å². The molecule has 0 bridgehead atoms. The van der Waals surface area contributed by atoms with Crippen LogP contribution in [0.4, 0.5) is 13.2 Å². The summed E-state index contributed by atoms with van der Waals surface area (Å²) in [6, 6.07) is 5.69. The Labute approximate surface area is 192 Å². The van der Waals surface area contributed by atoms with Crippen LogP contribution in [0.2, 0.25) is 0 Å². The van der Waals surface area contributed by atoms with E-state index in [0.717, 1.165) is 11.3 Å². The van der Waals surface area contributed by atoms with E-state index in [-0.39, 0.29) is 24.6 Å².